The van der Waals surface area contributed by atoms with Crippen LogP contribution in [0.1, 0.15) is 23.6 Å². The van der Waals surface area contributed by atoms with Gasteiger partial charge in [0.15, 0.2) is 5.82 Å². The van der Waals surface area contributed by atoms with Crippen LogP contribution in [0.3, 0.4) is 0 Å². The molecule has 0 fully saturated rings. The average molecular weight is 393 g/mol. The van der Waals surface area contributed by atoms with Gasteiger partial charge < -0.3 is 14.6 Å². The highest BCUT2D eigenvalue weighted by atomic mass is 79.9. The second-order valence-corrected chi connectivity index (χ2v) is 6.69. The van der Waals surface area contributed by atoms with Gasteiger partial charge in [0.05, 0.1) is 13.1 Å². The van der Waals surface area contributed by atoms with E-state index in [-0.39, 0.29) is 25.4 Å². The molecule has 2 aromatic rings. The summed E-state index contributed by atoms with van der Waals surface area (Å²) >= 11 is 3.37. The molecule has 0 radical (unpaired) electrons. The molecule has 24 heavy (non-hydrogen) atoms. The number of carbonyl (C=O) groups excluding carboxylic acids is 1. The highest BCUT2D eigenvalue weighted by Gasteiger charge is 2.35. The van der Waals surface area contributed by atoms with Crippen molar-refractivity contribution in [3.8, 4) is 0 Å². The minimum Gasteiger partial charge on any atom is -0.480 e. The van der Waals surface area contributed by atoms with Gasteiger partial charge in [0.2, 0.25) is 5.91 Å². The fourth-order valence-electron chi connectivity index (χ4n) is 2.83. The molecule has 0 aliphatic carbocycles. The Morgan fingerprint density at radius 1 is 1.29 bits per heavy atom. The Labute approximate surface area is 147 Å². The Hall–Kier alpha value is -2.22. The van der Waals surface area contributed by atoms with Crippen molar-refractivity contribution < 1.29 is 14.7 Å². The topological polar surface area (TPSA) is 88.3 Å². The molecular weight excluding hydrogens is 376 g/mol. The van der Waals surface area contributed by atoms with Crippen molar-refractivity contribution in [2.24, 2.45) is 0 Å². The number of hydrogen-bond donors (Lipinski definition) is 1. The minimum atomic E-state index is -1.01. The van der Waals surface area contributed by atoms with Gasteiger partial charge in [-0.2, -0.15) is 0 Å². The Bertz CT molecular complexity index is 772. The van der Waals surface area contributed by atoms with E-state index in [1.165, 1.54) is 4.90 Å². The fourth-order valence-corrected chi connectivity index (χ4v) is 3.10. The quantitative estimate of drug-likeness (QED) is 0.856. The number of halogens is 1. The zero-order valence-corrected chi connectivity index (χ0v) is 14.7. The lowest BCUT2D eigenvalue weighted by molar-refractivity contribution is -0.152. The van der Waals surface area contributed by atoms with Gasteiger partial charge in [0.25, 0.3) is 0 Å². The monoisotopic (exact) mass is 392 g/mol. The second-order valence-electron chi connectivity index (χ2n) is 5.78. The third-order valence-corrected chi connectivity index (χ3v) is 4.73. The lowest BCUT2D eigenvalue weighted by Gasteiger charge is -2.33. The maximum Gasteiger partial charge on any atom is 0.328 e. The van der Waals surface area contributed by atoms with Gasteiger partial charge in [-0.25, -0.2) is 4.79 Å². The molecule has 1 aliphatic rings. The number of amides is 1. The first-order valence-electron chi connectivity index (χ1n) is 7.61. The number of carboxylic acids is 1. The van der Waals surface area contributed by atoms with E-state index in [0.717, 1.165) is 10.0 Å². The van der Waals surface area contributed by atoms with E-state index in [2.05, 4.69) is 26.1 Å². The van der Waals surface area contributed by atoms with E-state index in [9.17, 15) is 14.7 Å². The number of carboxylic acid groups (broad SMARTS) is 1. The zero-order valence-electron chi connectivity index (χ0n) is 13.1. The van der Waals surface area contributed by atoms with Gasteiger partial charge in [-0.3, -0.25) is 4.79 Å². The summed E-state index contributed by atoms with van der Waals surface area (Å²) in [6.45, 7) is 2.14. The zero-order chi connectivity index (χ0) is 17.3. The first-order valence-corrected chi connectivity index (χ1v) is 8.40. The molecule has 0 bridgehead atoms. The van der Waals surface area contributed by atoms with Crippen LogP contribution in [0.5, 0.6) is 0 Å². The summed E-state index contributed by atoms with van der Waals surface area (Å²) in [5, 5.41) is 17.5. The number of rotatable bonds is 4. The van der Waals surface area contributed by atoms with Crippen molar-refractivity contribution in [1.29, 1.82) is 0 Å². The fraction of sp³-hybridized carbons (Fsp3) is 0.375. The van der Waals surface area contributed by atoms with E-state index >= 15 is 0 Å². The minimum absolute atomic E-state index is 0.178. The Balaban J connectivity index is 1.72. The maximum absolute atomic E-state index is 12.6. The van der Waals surface area contributed by atoms with Crippen LogP contribution in [-0.2, 0) is 29.1 Å². The number of aromatic nitrogens is 3. The summed E-state index contributed by atoms with van der Waals surface area (Å²) in [6.07, 6.45) is 0.833. The van der Waals surface area contributed by atoms with E-state index in [4.69, 9.17) is 0 Å². The number of hydrogen-bond acceptors (Lipinski definition) is 4. The third-order valence-electron chi connectivity index (χ3n) is 4.20. The summed E-state index contributed by atoms with van der Waals surface area (Å²) < 4.78 is 2.74. The summed E-state index contributed by atoms with van der Waals surface area (Å²) in [6, 6.07) is 6.85. The molecule has 1 unspecified atom stereocenters. The van der Waals surface area contributed by atoms with Crippen LogP contribution in [0, 0.1) is 6.92 Å². The molecule has 1 N–H and O–H groups in total. The molecule has 8 heteroatoms. The van der Waals surface area contributed by atoms with Crippen LogP contribution in [0.2, 0.25) is 0 Å². The van der Waals surface area contributed by atoms with Gasteiger partial charge in [0.1, 0.15) is 11.9 Å². The Kier molecular flexibility index (Phi) is 4.66. The number of aliphatic carboxylic acids is 1. The number of fused-ring (bicyclic) bond motifs is 1. The largest absolute Gasteiger partial charge is 0.480 e. The predicted molar refractivity (Wildman–Crippen MR) is 89.2 cm³/mol. The summed E-state index contributed by atoms with van der Waals surface area (Å²) in [5.74, 6) is 0.100. The van der Waals surface area contributed by atoms with Crippen molar-refractivity contribution in [3.05, 3.63) is 46.0 Å². The molecular formula is C16H17BrN4O3. The van der Waals surface area contributed by atoms with E-state index in [0.29, 0.717) is 18.1 Å². The highest BCUT2D eigenvalue weighted by Crippen LogP contribution is 2.20. The molecule has 0 saturated heterocycles. The van der Waals surface area contributed by atoms with E-state index in [1.54, 1.807) is 11.5 Å². The van der Waals surface area contributed by atoms with Gasteiger partial charge >= 0.3 is 5.97 Å². The van der Waals surface area contributed by atoms with Crippen molar-refractivity contribution in [2.75, 3.05) is 0 Å². The third kappa shape index (κ3) is 3.33. The maximum atomic E-state index is 12.6. The van der Waals surface area contributed by atoms with Crippen LogP contribution >= 0.6 is 15.9 Å². The van der Waals surface area contributed by atoms with Gasteiger partial charge in [-0.1, -0.05) is 28.1 Å². The van der Waals surface area contributed by atoms with Crippen molar-refractivity contribution >= 4 is 27.8 Å². The molecule has 7 nitrogen and oxygen atoms in total. The second kappa shape index (κ2) is 6.72. The molecule has 1 aromatic carbocycles. The molecule has 1 atom stereocenters. The van der Waals surface area contributed by atoms with Crippen LogP contribution < -0.4 is 0 Å². The lowest BCUT2D eigenvalue weighted by Crippen LogP contribution is -2.50. The predicted octanol–water partition coefficient (Wildman–Crippen LogP) is 1.78. The smallest absolute Gasteiger partial charge is 0.328 e. The highest BCUT2D eigenvalue weighted by molar-refractivity contribution is 9.10. The Morgan fingerprint density at radius 3 is 2.67 bits per heavy atom. The van der Waals surface area contributed by atoms with Crippen LogP contribution in [0.15, 0.2) is 28.7 Å². The van der Waals surface area contributed by atoms with Gasteiger partial charge in [0, 0.05) is 10.9 Å². The molecule has 126 valence electrons. The van der Waals surface area contributed by atoms with Gasteiger partial charge in [-0.05, 0) is 31.0 Å². The molecule has 2 heterocycles. The summed E-state index contributed by atoms with van der Waals surface area (Å²) in [4.78, 5) is 25.5. The molecule has 3 rings (SSSR count). The number of aryl methyl sites for hydroxylation is 2. The van der Waals surface area contributed by atoms with Crippen LogP contribution in [0.4, 0.5) is 0 Å². The summed E-state index contributed by atoms with van der Waals surface area (Å²) in [7, 11) is 0. The van der Waals surface area contributed by atoms with E-state index in [1.807, 2.05) is 24.3 Å². The van der Waals surface area contributed by atoms with Crippen LogP contribution in [0.25, 0.3) is 0 Å². The number of carbonyl (C=O) groups is 2. The average Bonchev–Trinajstić information content (AvgIpc) is 2.93. The van der Waals surface area contributed by atoms with Crippen LogP contribution in [-0.4, -0.2) is 42.7 Å². The first kappa shape index (κ1) is 16.6. The summed E-state index contributed by atoms with van der Waals surface area (Å²) in [5.41, 5.74) is 1.04. The SMILES string of the molecule is Cc1nnc2n1CC(C(=O)O)N(C(=O)CCc1ccc(Br)cc1)C2. The van der Waals surface area contributed by atoms with Crippen molar-refractivity contribution in [2.45, 2.75) is 38.9 Å². The molecule has 1 aliphatic heterocycles. The molecule has 0 spiro atoms. The standard InChI is InChI=1S/C16H17BrN4O3/c1-10-18-19-14-9-21(13(16(23)24)8-20(10)14)15(22)7-4-11-2-5-12(17)6-3-11/h2-3,5-6,13H,4,7-9H2,1H3,(H,23,24). The van der Waals surface area contributed by atoms with Crippen molar-refractivity contribution in [1.82, 2.24) is 19.7 Å². The lowest BCUT2D eigenvalue weighted by atomic mass is 10.1. The van der Waals surface area contributed by atoms with Crippen molar-refractivity contribution in [3.63, 3.8) is 0 Å². The Morgan fingerprint density at radius 2 is 2.00 bits per heavy atom. The van der Waals surface area contributed by atoms with Gasteiger partial charge in [-0.15, -0.1) is 10.2 Å². The number of nitrogens with zero attached hydrogens (tertiary/aromatic N) is 4. The van der Waals surface area contributed by atoms with E-state index < -0.39 is 12.0 Å². The first-order chi connectivity index (χ1) is 11.5. The number of benzene rings is 1. The molecule has 1 amide bonds. The molecule has 0 saturated carbocycles. The molecule has 1 aromatic heterocycles. The normalized spacial score (nSPS) is 16.8.